The van der Waals surface area contributed by atoms with Crippen LogP contribution >= 0.6 is 0 Å². The van der Waals surface area contributed by atoms with Gasteiger partial charge in [-0.05, 0) is 66.8 Å². The van der Waals surface area contributed by atoms with Gasteiger partial charge in [0, 0.05) is 18.5 Å². The number of anilines is 2. The summed E-state index contributed by atoms with van der Waals surface area (Å²) < 4.78 is 49.3. The molecule has 2 aromatic carbocycles. The molecule has 1 aromatic heterocycles. The fourth-order valence-electron chi connectivity index (χ4n) is 3.10. The number of halogens is 3. The summed E-state index contributed by atoms with van der Waals surface area (Å²) in [5, 5.41) is 20.7. The Morgan fingerprint density at radius 3 is 2.56 bits per heavy atom. The van der Waals surface area contributed by atoms with Crippen molar-refractivity contribution in [1.82, 2.24) is 9.97 Å². The highest BCUT2D eigenvalue weighted by Gasteiger charge is 2.32. The number of aromatic nitrogens is 2. The number of aryl methyl sites for hydroxylation is 1. The largest absolute Gasteiger partial charge is 0.511 e. The zero-order valence-corrected chi connectivity index (χ0v) is 18.1. The predicted molar refractivity (Wildman–Crippen MR) is 117 cm³/mol. The molecule has 0 bridgehead atoms. The van der Waals surface area contributed by atoms with Crippen LogP contribution in [0.1, 0.15) is 24.1 Å². The Bertz CT molecular complexity index is 1150. The lowest BCUT2D eigenvalue weighted by molar-refractivity contribution is -0.141. The summed E-state index contributed by atoms with van der Waals surface area (Å²) in [6.45, 7) is 2.09. The van der Waals surface area contributed by atoms with Gasteiger partial charge in [0.1, 0.15) is 5.69 Å². The average molecular weight is 477 g/mol. The van der Waals surface area contributed by atoms with Crippen molar-refractivity contribution in [1.29, 1.82) is 0 Å². The number of hydrogen-bond donors (Lipinski definition) is 3. The Morgan fingerprint density at radius 2 is 1.85 bits per heavy atom. The van der Waals surface area contributed by atoms with E-state index in [-0.39, 0.29) is 30.7 Å². The van der Waals surface area contributed by atoms with Crippen LogP contribution in [-0.4, -0.2) is 39.6 Å². The standard InChI is InChI=1S/C23H22F3N3O5/c1-14-10-16(12-17(11-14)28-21-27-7-6-20(29-21)23(24,25)26)15-4-5-18(33-9-3-2-8-30)19(13-15)34-22(31)32/h4-7,10-13,30H,2-3,8-9H2,1H3,(H,31,32)(H,27,28,29). The van der Waals surface area contributed by atoms with Crippen LogP contribution < -0.4 is 14.8 Å². The summed E-state index contributed by atoms with van der Waals surface area (Å²) in [7, 11) is 0. The van der Waals surface area contributed by atoms with Gasteiger partial charge in [0.2, 0.25) is 5.95 Å². The minimum Gasteiger partial charge on any atom is -0.490 e. The van der Waals surface area contributed by atoms with E-state index in [2.05, 4.69) is 15.3 Å². The van der Waals surface area contributed by atoms with Crippen molar-refractivity contribution in [3.63, 3.8) is 0 Å². The third kappa shape index (κ3) is 6.82. The zero-order valence-electron chi connectivity index (χ0n) is 18.1. The molecule has 0 saturated carbocycles. The lowest BCUT2D eigenvalue weighted by atomic mass is 10.0. The second kappa shape index (κ2) is 10.8. The van der Waals surface area contributed by atoms with Gasteiger partial charge in [0.15, 0.2) is 11.5 Å². The number of rotatable bonds is 9. The molecule has 0 aliphatic heterocycles. The van der Waals surface area contributed by atoms with Gasteiger partial charge in [-0.1, -0.05) is 12.1 Å². The third-order valence-corrected chi connectivity index (χ3v) is 4.56. The van der Waals surface area contributed by atoms with E-state index in [1.807, 2.05) is 6.07 Å². The van der Waals surface area contributed by atoms with E-state index >= 15 is 0 Å². The fraction of sp³-hybridized carbons (Fsp3) is 0.261. The summed E-state index contributed by atoms with van der Waals surface area (Å²) >= 11 is 0. The monoisotopic (exact) mass is 477 g/mol. The summed E-state index contributed by atoms with van der Waals surface area (Å²) in [5.41, 5.74) is 1.41. The molecule has 0 aliphatic carbocycles. The molecular weight excluding hydrogens is 455 g/mol. The van der Waals surface area contributed by atoms with Crippen LogP contribution in [0.4, 0.5) is 29.6 Å². The van der Waals surface area contributed by atoms with Gasteiger partial charge in [0.05, 0.1) is 6.61 Å². The van der Waals surface area contributed by atoms with E-state index in [1.165, 1.54) is 6.07 Å². The third-order valence-electron chi connectivity index (χ3n) is 4.56. The molecule has 3 N–H and O–H groups in total. The Hall–Kier alpha value is -3.86. The first-order valence-corrected chi connectivity index (χ1v) is 10.2. The van der Waals surface area contributed by atoms with Crippen LogP contribution in [0.3, 0.4) is 0 Å². The van der Waals surface area contributed by atoms with Crippen molar-refractivity contribution in [3.05, 3.63) is 59.9 Å². The highest BCUT2D eigenvalue weighted by molar-refractivity contribution is 5.74. The Morgan fingerprint density at radius 1 is 1.06 bits per heavy atom. The number of carboxylic acid groups (broad SMARTS) is 1. The van der Waals surface area contributed by atoms with Crippen LogP contribution in [0.25, 0.3) is 11.1 Å². The molecule has 0 fully saturated rings. The molecule has 0 saturated heterocycles. The van der Waals surface area contributed by atoms with Crippen molar-refractivity contribution in [2.75, 3.05) is 18.5 Å². The van der Waals surface area contributed by atoms with Crippen LogP contribution in [0.2, 0.25) is 0 Å². The average Bonchev–Trinajstić information content (AvgIpc) is 2.76. The highest BCUT2D eigenvalue weighted by atomic mass is 19.4. The number of carbonyl (C=O) groups is 1. The van der Waals surface area contributed by atoms with Crippen molar-refractivity contribution < 1.29 is 37.7 Å². The highest BCUT2D eigenvalue weighted by Crippen LogP contribution is 2.35. The zero-order chi connectivity index (χ0) is 24.7. The summed E-state index contributed by atoms with van der Waals surface area (Å²) in [6.07, 6.45) is -3.97. The normalized spacial score (nSPS) is 11.2. The van der Waals surface area contributed by atoms with Gasteiger partial charge in [-0.25, -0.2) is 14.8 Å². The molecule has 3 rings (SSSR count). The predicted octanol–water partition coefficient (Wildman–Crippen LogP) is 5.42. The molecular formula is C23H22F3N3O5. The molecule has 0 unspecified atom stereocenters. The van der Waals surface area contributed by atoms with Crippen molar-refractivity contribution in [2.24, 2.45) is 0 Å². The van der Waals surface area contributed by atoms with Gasteiger partial charge in [-0.2, -0.15) is 13.2 Å². The topological polar surface area (TPSA) is 114 Å². The van der Waals surface area contributed by atoms with Gasteiger partial charge in [-0.3, -0.25) is 0 Å². The van der Waals surface area contributed by atoms with E-state index in [0.29, 0.717) is 29.7 Å². The molecule has 34 heavy (non-hydrogen) atoms. The molecule has 11 heteroatoms. The van der Waals surface area contributed by atoms with Crippen LogP contribution in [-0.2, 0) is 6.18 Å². The molecule has 0 spiro atoms. The molecule has 0 radical (unpaired) electrons. The number of benzene rings is 2. The SMILES string of the molecule is Cc1cc(Nc2nccc(C(F)(F)F)n2)cc(-c2ccc(OCCCCO)c(OC(=O)O)c2)c1. The first-order chi connectivity index (χ1) is 16.2. The summed E-state index contributed by atoms with van der Waals surface area (Å²) in [5.74, 6) is 0.00610. The maximum Gasteiger partial charge on any atom is 0.511 e. The van der Waals surface area contributed by atoms with Gasteiger partial charge < -0.3 is 25.0 Å². The summed E-state index contributed by atoms with van der Waals surface area (Å²) in [6, 6.07) is 10.7. The van der Waals surface area contributed by atoms with Gasteiger partial charge in [0.25, 0.3) is 0 Å². The molecule has 0 atom stereocenters. The number of alkyl halides is 3. The molecule has 1 heterocycles. The number of aliphatic hydroxyl groups excluding tert-OH is 1. The second-order valence-corrected chi connectivity index (χ2v) is 7.28. The van der Waals surface area contributed by atoms with Crippen LogP contribution in [0.15, 0.2) is 48.7 Å². The smallest absolute Gasteiger partial charge is 0.490 e. The number of aliphatic hydroxyl groups is 1. The first kappa shape index (κ1) is 24.8. The van der Waals surface area contributed by atoms with Crippen molar-refractivity contribution >= 4 is 17.8 Å². The van der Waals surface area contributed by atoms with E-state index in [4.69, 9.17) is 19.7 Å². The van der Waals surface area contributed by atoms with E-state index < -0.39 is 18.0 Å². The number of unbranched alkanes of at least 4 members (excludes halogenated alkanes) is 1. The van der Waals surface area contributed by atoms with Gasteiger partial charge in [-0.15, -0.1) is 0 Å². The minimum atomic E-state index is -4.60. The number of hydrogen-bond acceptors (Lipinski definition) is 7. The van der Waals surface area contributed by atoms with Crippen LogP contribution in [0, 0.1) is 6.92 Å². The molecule has 0 amide bonds. The number of nitrogens with zero attached hydrogens (tertiary/aromatic N) is 2. The van der Waals surface area contributed by atoms with Crippen molar-refractivity contribution in [3.8, 4) is 22.6 Å². The lowest BCUT2D eigenvalue weighted by Gasteiger charge is -2.14. The quantitative estimate of drug-likeness (QED) is 0.213. The summed E-state index contributed by atoms with van der Waals surface area (Å²) in [4.78, 5) is 18.5. The Kier molecular flexibility index (Phi) is 7.90. The molecule has 180 valence electrons. The van der Waals surface area contributed by atoms with Gasteiger partial charge >= 0.3 is 12.3 Å². The molecule has 8 nitrogen and oxygen atoms in total. The first-order valence-electron chi connectivity index (χ1n) is 10.2. The fourth-order valence-corrected chi connectivity index (χ4v) is 3.10. The Balaban J connectivity index is 1.89. The maximum absolute atomic E-state index is 12.9. The van der Waals surface area contributed by atoms with Crippen molar-refractivity contribution in [2.45, 2.75) is 25.9 Å². The lowest BCUT2D eigenvalue weighted by Crippen LogP contribution is -2.10. The van der Waals surface area contributed by atoms with Crippen LogP contribution in [0.5, 0.6) is 11.5 Å². The number of ether oxygens (including phenoxy) is 2. The minimum absolute atomic E-state index is 0.00812. The Labute approximate surface area is 193 Å². The number of nitrogens with one attached hydrogen (secondary N) is 1. The molecule has 3 aromatic rings. The van der Waals surface area contributed by atoms with E-state index in [0.717, 1.165) is 17.8 Å². The maximum atomic E-state index is 12.9. The van der Waals surface area contributed by atoms with E-state index in [9.17, 15) is 18.0 Å². The van der Waals surface area contributed by atoms with E-state index in [1.54, 1.807) is 31.2 Å². The molecule has 0 aliphatic rings. The second-order valence-electron chi connectivity index (χ2n) is 7.28.